The lowest BCUT2D eigenvalue weighted by atomic mass is 9.90. The predicted octanol–water partition coefficient (Wildman–Crippen LogP) is 1.55. The molecule has 0 radical (unpaired) electrons. The van der Waals surface area contributed by atoms with Crippen molar-refractivity contribution in [3.8, 4) is 0 Å². The molecule has 12 heavy (non-hydrogen) atoms. The number of nitrogens with two attached hydrogens (primary N) is 1. The molecule has 70 valence electrons. The minimum atomic E-state index is -0.145. The summed E-state index contributed by atoms with van der Waals surface area (Å²) in [5.41, 5.74) is 5.40. The maximum absolute atomic E-state index is 5.54. The van der Waals surface area contributed by atoms with Crippen LogP contribution in [0.15, 0.2) is 9.98 Å². The van der Waals surface area contributed by atoms with Crippen LogP contribution in [0.4, 0.5) is 0 Å². The molecular weight excluding hydrogens is 150 g/mol. The first-order chi connectivity index (χ1) is 5.54. The molecule has 0 amide bonds. The van der Waals surface area contributed by atoms with Crippen molar-refractivity contribution in [3.05, 3.63) is 0 Å². The Kier molecular flexibility index (Phi) is 4.79. The Morgan fingerprint density at radius 1 is 1.50 bits per heavy atom. The van der Waals surface area contributed by atoms with Gasteiger partial charge in [0, 0.05) is 6.54 Å². The van der Waals surface area contributed by atoms with E-state index in [0.717, 1.165) is 6.54 Å². The van der Waals surface area contributed by atoms with Gasteiger partial charge in [-0.05, 0) is 33.2 Å². The Bertz CT molecular complexity index is 178. The zero-order valence-corrected chi connectivity index (χ0v) is 8.46. The molecule has 0 saturated heterocycles. The molecule has 3 heteroatoms. The largest absolute Gasteiger partial charge is 0.330 e. The summed E-state index contributed by atoms with van der Waals surface area (Å²) in [7, 11) is 0. The van der Waals surface area contributed by atoms with E-state index in [1.165, 1.54) is 0 Å². The molecule has 3 nitrogen and oxygen atoms in total. The SMILES string of the molecule is CCN=C=NC(C)(C)C(C)CN. The Morgan fingerprint density at radius 3 is 2.50 bits per heavy atom. The Hall–Kier alpha value is -0.660. The molecule has 0 aliphatic heterocycles. The molecule has 0 aliphatic carbocycles. The van der Waals surface area contributed by atoms with Gasteiger partial charge in [-0.2, -0.15) is 0 Å². The third-order valence-electron chi connectivity index (χ3n) is 2.13. The van der Waals surface area contributed by atoms with Gasteiger partial charge in [0.2, 0.25) is 0 Å². The van der Waals surface area contributed by atoms with Crippen LogP contribution < -0.4 is 5.73 Å². The fourth-order valence-corrected chi connectivity index (χ4v) is 0.634. The van der Waals surface area contributed by atoms with Gasteiger partial charge in [-0.1, -0.05) is 6.92 Å². The van der Waals surface area contributed by atoms with Crippen LogP contribution in [0.5, 0.6) is 0 Å². The summed E-state index contributed by atoms with van der Waals surface area (Å²) in [4.78, 5) is 8.14. The topological polar surface area (TPSA) is 50.7 Å². The van der Waals surface area contributed by atoms with Crippen molar-refractivity contribution in [2.45, 2.75) is 33.2 Å². The first-order valence-corrected chi connectivity index (χ1v) is 4.38. The van der Waals surface area contributed by atoms with Gasteiger partial charge in [0.1, 0.15) is 0 Å². The molecule has 1 atom stereocenters. The Labute approximate surface area is 74.8 Å². The van der Waals surface area contributed by atoms with Gasteiger partial charge in [-0.3, -0.25) is 0 Å². The van der Waals surface area contributed by atoms with E-state index >= 15 is 0 Å². The van der Waals surface area contributed by atoms with E-state index in [0.29, 0.717) is 12.5 Å². The van der Waals surface area contributed by atoms with E-state index in [4.69, 9.17) is 5.73 Å². The predicted molar refractivity (Wildman–Crippen MR) is 52.7 cm³/mol. The van der Waals surface area contributed by atoms with Gasteiger partial charge in [0.15, 0.2) is 0 Å². The van der Waals surface area contributed by atoms with Gasteiger partial charge in [0.25, 0.3) is 0 Å². The zero-order valence-electron chi connectivity index (χ0n) is 8.46. The Morgan fingerprint density at radius 2 is 2.08 bits per heavy atom. The maximum Gasteiger partial charge on any atom is 0.0898 e. The normalized spacial score (nSPS) is 13.4. The highest BCUT2D eigenvalue weighted by Gasteiger charge is 2.22. The standard InChI is InChI=1S/C9H19N3/c1-5-11-7-12-9(3,4)8(2)6-10/h8H,5-6,10H2,1-4H3. The lowest BCUT2D eigenvalue weighted by Gasteiger charge is -2.24. The molecular formula is C9H19N3. The second kappa shape index (κ2) is 5.07. The summed E-state index contributed by atoms with van der Waals surface area (Å²) in [6, 6.07) is 2.68. The van der Waals surface area contributed by atoms with Gasteiger partial charge < -0.3 is 5.73 Å². The number of rotatable bonds is 4. The highest BCUT2D eigenvalue weighted by atomic mass is 14.9. The number of hydrogen-bond acceptors (Lipinski definition) is 3. The van der Waals surface area contributed by atoms with Crippen LogP contribution >= 0.6 is 0 Å². The molecule has 0 spiro atoms. The number of hydrogen-bond donors (Lipinski definition) is 1. The highest BCUT2D eigenvalue weighted by molar-refractivity contribution is 5.42. The van der Waals surface area contributed by atoms with Crippen LogP contribution in [0.25, 0.3) is 0 Å². The summed E-state index contributed by atoms with van der Waals surface area (Å²) in [5, 5.41) is 0. The van der Waals surface area contributed by atoms with Crippen LogP contribution in [0, 0.1) is 5.92 Å². The number of aliphatic imine (C=N–C) groups is 2. The van der Waals surface area contributed by atoms with Crippen molar-refractivity contribution in [2.75, 3.05) is 13.1 Å². The minimum Gasteiger partial charge on any atom is -0.330 e. The third kappa shape index (κ3) is 3.65. The van der Waals surface area contributed by atoms with Gasteiger partial charge >= 0.3 is 0 Å². The second-order valence-corrected chi connectivity index (χ2v) is 3.48. The molecule has 0 saturated carbocycles. The van der Waals surface area contributed by atoms with Crippen LogP contribution in [0.1, 0.15) is 27.7 Å². The van der Waals surface area contributed by atoms with Crippen LogP contribution in [-0.4, -0.2) is 24.6 Å². The van der Waals surface area contributed by atoms with Crippen molar-refractivity contribution in [1.29, 1.82) is 0 Å². The average Bonchev–Trinajstić information content (AvgIpc) is 2.03. The first-order valence-electron chi connectivity index (χ1n) is 4.38. The van der Waals surface area contributed by atoms with Crippen molar-refractivity contribution < 1.29 is 0 Å². The maximum atomic E-state index is 5.54. The summed E-state index contributed by atoms with van der Waals surface area (Å²) >= 11 is 0. The molecule has 0 rings (SSSR count). The van der Waals surface area contributed by atoms with Crippen LogP contribution in [-0.2, 0) is 0 Å². The molecule has 2 N–H and O–H groups in total. The fraction of sp³-hybridized carbons (Fsp3) is 0.889. The van der Waals surface area contributed by atoms with Crippen LogP contribution in [0.2, 0.25) is 0 Å². The lowest BCUT2D eigenvalue weighted by molar-refractivity contribution is 0.359. The third-order valence-corrected chi connectivity index (χ3v) is 2.13. The summed E-state index contributed by atoms with van der Waals surface area (Å²) in [5.74, 6) is 0.358. The van der Waals surface area contributed by atoms with Gasteiger partial charge in [0.05, 0.1) is 11.5 Å². The van der Waals surface area contributed by atoms with Crippen molar-refractivity contribution in [1.82, 2.24) is 0 Å². The molecule has 0 fully saturated rings. The van der Waals surface area contributed by atoms with Crippen molar-refractivity contribution >= 4 is 6.01 Å². The molecule has 0 aromatic rings. The van der Waals surface area contributed by atoms with E-state index in [1.807, 2.05) is 20.8 Å². The molecule has 0 bridgehead atoms. The highest BCUT2D eigenvalue weighted by Crippen LogP contribution is 2.18. The molecule has 0 aromatic carbocycles. The van der Waals surface area contributed by atoms with E-state index in [1.54, 1.807) is 0 Å². The first kappa shape index (κ1) is 11.3. The summed E-state index contributed by atoms with van der Waals surface area (Å²) < 4.78 is 0. The second-order valence-electron chi connectivity index (χ2n) is 3.48. The molecule has 0 aliphatic rings. The van der Waals surface area contributed by atoms with E-state index in [2.05, 4.69) is 22.9 Å². The van der Waals surface area contributed by atoms with Crippen LogP contribution in [0.3, 0.4) is 0 Å². The average molecular weight is 169 g/mol. The summed E-state index contributed by atoms with van der Waals surface area (Å²) in [6.45, 7) is 9.51. The molecule has 1 unspecified atom stereocenters. The fourth-order valence-electron chi connectivity index (χ4n) is 0.634. The lowest BCUT2D eigenvalue weighted by Crippen LogP contribution is -2.32. The van der Waals surface area contributed by atoms with E-state index < -0.39 is 0 Å². The van der Waals surface area contributed by atoms with Gasteiger partial charge in [-0.15, -0.1) is 0 Å². The summed E-state index contributed by atoms with van der Waals surface area (Å²) in [6.07, 6.45) is 0. The molecule has 0 aromatic heterocycles. The van der Waals surface area contributed by atoms with Crippen molar-refractivity contribution in [2.24, 2.45) is 21.6 Å². The zero-order chi connectivity index (χ0) is 9.61. The molecule has 0 heterocycles. The monoisotopic (exact) mass is 169 g/mol. The van der Waals surface area contributed by atoms with E-state index in [9.17, 15) is 0 Å². The van der Waals surface area contributed by atoms with Gasteiger partial charge in [-0.25, -0.2) is 9.98 Å². The smallest absolute Gasteiger partial charge is 0.0898 e. The van der Waals surface area contributed by atoms with E-state index in [-0.39, 0.29) is 5.54 Å². The Balaban J connectivity index is 4.30. The van der Waals surface area contributed by atoms with Crippen molar-refractivity contribution in [3.63, 3.8) is 0 Å². The minimum absolute atomic E-state index is 0.145. The quantitative estimate of drug-likeness (QED) is 0.638. The number of nitrogens with zero attached hydrogens (tertiary/aromatic N) is 2.